The van der Waals surface area contributed by atoms with Crippen molar-refractivity contribution in [2.75, 3.05) is 17.8 Å². The number of nitrogens with zero attached hydrogens (tertiary/aromatic N) is 3. The lowest BCUT2D eigenvalue weighted by Crippen LogP contribution is -2.38. The molecule has 0 saturated carbocycles. The molecule has 1 aliphatic rings. The van der Waals surface area contributed by atoms with Crippen LogP contribution in [0.5, 0.6) is 5.75 Å². The van der Waals surface area contributed by atoms with Gasteiger partial charge in [-0.15, -0.1) is 11.3 Å². The van der Waals surface area contributed by atoms with Crippen LogP contribution in [0.25, 0.3) is 0 Å². The number of anilines is 1. The van der Waals surface area contributed by atoms with Crippen LogP contribution >= 0.6 is 22.9 Å². The molecule has 1 aromatic carbocycles. The Kier molecular flexibility index (Phi) is 6.76. The van der Waals surface area contributed by atoms with Gasteiger partial charge < -0.3 is 4.74 Å². The number of hydrogen-bond donors (Lipinski definition) is 1. The van der Waals surface area contributed by atoms with Gasteiger partial charge in [-0.1, -0.05) is 17.7 Å². The van der Waals surface area contributed by atoms with Crippen LogP contribution in [0.1, 0.15) is 24.2 Å². The van der Waals surface area contributed by atoms with Crippen LogP contribution in [-0.2, 0) is 16.6 Å². The summed E-state index contributed by atoms with van der Waals surface area (Å²) < 4.78 is 33.5. The van der Waals surface area contributed by atoms with Gasteiger partial charge >= 0.3 is 0 Å². The van der Waals surface area contributed by atoms with E-state index in [0.717, 1.165) is 43.9 Å². The van der Waals surface area contributed by atoms with Crippen LogP contribution < -0.4 is 9.46 Å². The SMILES string of the molecule is Cc1cccc(CN2CCC(Oc3ccc(S(=O)(=O)Nc4nccs4)cc3Cl)CC2)n1. The quantitative estimate of drug-likeness (QED) is 0.543. The standard InChI is InChI=1S/C21H23ClN4O3S2/c1-15-3-2-4-16(24-15)14-26-10-7-17(8-11-26)29-20-6-5-18(13-19(20)22)31(27,28)25-21-23-9-12-30-21/h2-6,9,12-13,17H,7-8,10-11,14H2,1H3,(H,23,25). The van der Waals surface area contributed by atoms with Crippen molar-refractivity contribution in [1.82, 2.24) is 14.9 Å². The van der Waals surface area contributed by atoms with Crippen LogP contribution in [-0.4, -0.2) is 42.5 Å². The second kappa shape index (κ2) is 9.52. The van der Waals surface area contributed by atoms with Gasteiger partial charge in [-0.3, -0.25) is 14.6 Å². The zero-order valence-corrected chi connectivity index (χ0v) is 19.4. The van der Waals surface area contributed by atoms with Crippen LogP contribution in [0, 0.1) is 6.92 Å². The molecule has 1 N–H and O–H groups in total. The molecule has 164 valence electrons. The zero-order chi connectivity index (χ0) is 21.8. The number of pyridine rings is 1. The first kappa shape index (κ1) is 22.0. The van der Waals surface area contributed by atoms with Crippen LogP contribution in [0.15, 0.2) is 52.9 Å². The van der Waals surface area contributed by atoms with Crippen molar-refractivity contribution in [3.8, 4) is 5.75 Å². The minimum atomic E-state index is -3.75. The molecule has 3 heterocycles. The Morgan fingerprint density at radius 2 is 2.06 bits per heavy atom. The van der Waals surface area contributed by atoms with E-state index in [4.69, 9.17) is 16.3 Å². The fraction of sp³-hybridized carbons (Fsp3) is 0.333. The number of benzene rings is 1. The molecule has 7 nitrogen and oxygen atoms in total. The van der Waals surface area contributed by atoms with E-state index in [1.165, 1.54) is 29.7 Å². The molecule has 1 fully saturated rings. The fourth-order valence-electron chi connectivity index (χ4n) is 3.47. The Morgan fingerprint density at radius 3 is 2.74 bits per heavy atom. The van der Waals surface area contributed by atoms with E-state index in [1.807, 2.05) is 25.1 Å². The average molecular weight is 479 g/mol. The number of aryl methyl sites for hydroxylation is 1. The molecular weight excluding hydrogens is 456 g/mol. The van der Waals surface area contributed by atoms with Gasteiger partial charge in [-0.05, 0) is 50.1 Å². The second-order valence-corrected chi connectivity index (χ2v) is 10.4. The first-order valence-corrected chi connectivity index (χ1v) is 12.7. The third-order valence-corrected chi connectivity index (χ3v) is 7.48. The molecular formula is C21H23ClN4O3S2. The average Bonchev–Trinajstić information content (AvgIpc) is 3.23. The number of sulfonamides is 1. The summed E-state index contributed by atoms with van der Waals surface area (Å²) in [6.07, 6.45) is 3.31. The smallest absolute Gasteiger partial charge is 0.263 e. The summed E-state index contributed by atoms with van der Waals surface area (Å²) >= 11 is 7.55. The van der Waals surface area contributed by atoms with Gasteiger partial charge in [0.05, 0.1) is 15.6 Å². The maximum atomic E-state index is 12.5. The number of aromatic nitrogens is 2. The first-order chi connectivity index (χ1) is 14.9. The van der Waals surface area contributed by atoms with Gasteiger partial charge in [0.15, 0.2) is 5.13 Å². The van der Waals surface area contributed by atoms with Gasteiger partial charge in [-0.25, -0.2) is 13.4 Å². The molecule has 31 heavy (non-hydrogen) atoms. The van der Waals surface area contributed by atoms with Crippen molar-refractivity contribution >= 4 is 38.1 Å². The largest absolute Gasteiger partial charge is 0.489 e. The molecule has 0 unspecified atom stereocenters. The van der Waals surface area contributed by atoms with Crippen LogP contribution in [0.4, 0.5) is 5.13 Å². The Labute approximate surface area is 191 Å². The topological polar surface area (TPSA) is 84.4 Å². The van der Waals surface area contributed by atoms with Crippen molar-refractivity contribution < 1.29 is 13.2 Å². The lowest BCUT2D eigenvalue weighted by atomic mass is 10.1. The van der Waals surface area contributed by atoms with E-state index >= 15 is 0 Å². The van der Waals surface area contributed by atoms with Crippen molar-refractivity contribution in [3.05, 3.63) is 64.4 Å². The molecule has 2 aromatic heterocycles. The maximum Gasteiger partial charge on any atom is 0.263 e. The molecule has 10 heteroatoms. The van der Waals surface area contributed by atoms with Gasteiger partial charge in [0, 0.05) is 36.9 Å². The molecule has 1 aliphatic heterocycles. The molecule has 3 aromatic rings. The van der Waals surface area contributed by atoms with Crippen molar-refractivity contribution in [2.24, 2.45) is 0 Å². The molecule has 1 saturated heterocycles. The third kappa shape index (κ3) is 5.74. The third-order valence-electron chi connectivity index (χ3n) is 5.03. The number of thiazole rings is 1. The summed E-state index contributed by atoms with van der Waals surface area (Å²) in [5.74, 6) is 0.494. The monoisotopic (exact) mass is 478 g/mol. The Balaban J connectivity index is 1.34. The lowest BCUT2D eigenvalue weighted by Gasteiger charge is -2.32. The summed E-state index contributed by atoms with van der Waals surface area (Å²) in [5.41, 5.74) is 2.10. The maximum absolute atomic E-state index is 12.5. The Bertz CT molecular complexity index is 1130. The Morgan fingerprint density at radius 1 is 1.26 bits per heavy atom. The Hall–Kier alpha value is -2.20. The second-order valence-electron chi connectivity index (χ2n) is 7.40. The summed E-state index contributed by atoms with van der Waals surface area (Å²) in [5, 5.41) is 2.28. The molecule has 0 amide bonds. The van der Waals surface area contributed by atoms with Crippen molar-refractivity contribution in [1.29, 1.82) is 0 Å². The lowest BCUT2D eigenvalue weighted by molar-refractivity contribution is 0.0961. The van der Waals surface area contributed by atoms with E-state index in [1.54, 1.807) is 11.4 Å². The number of rotatable bonds is 7. The number of hydrogen-bond acceptors (Lipinski definition) is 7. The fourth-order valence-corrected chi connectivity index (χ4v) is 5.58. The molecule has 0 spiro atoms. The molecule has 0 atom stereocenters. The van der Waals surface area contributed by atoms with Gasteiger partial charge in [0.2, 0.25) is 0 Å². The highest BCUT2D eigenvalue weighted by molar-refractivity contribution is 7.93. The zero-order valence-electron chi connectivity index (χ0n) is 17.0. The number of likely N-dealkylation sites (tertiary alicyclic amines) is 1. The van der Waals surface area contributed by atoms with E-state index in [2.05, 4.69) is 19.6 Å². The molecule has 0 aliphatic carbocycles. The van der Waals surface area contributed by atoms with Crippen molar-refractivity contribution in [2.45, 2.75) is 37.3 Å². The summed E-state index contributed by atoms with van der Waals surface area (Å²) in [6.45, 7) is 4.64. The van der Waals surface area contributed by atoms with E-state index in [0.29, 0.717) is 10.9 Å². The van der Waals surface area contributed by atoms with Gasteiger partial charge in [0.25, 0.3) is 10.0 Å². The predicted octanol–water partition coefficient (Wildman–Crippen LogP) is 4.34. The van der Waals surface area contributed by atoms with Crippen LogP contribution in [0.3, 0.4) is 0 Å². The van der Waals surface area contributed by atoms with Crippen LogP contribution in [0.2, 0.25) is 5.02 Å². The van der Waals surface area contributed by atoms with E-state index in [9.17, 15) is 8.42 Å². The van der Waals surface area contributed by atoms with Gasteiger partial charge in [-0.2, -0.15) is 0 Å². The van der Waals surface area contributed by atoms with E-state index < -0.39 is 10.0 Å². The molecule has 4 rings (SSSR count). The summed E-state index contributed by atoms with van der Waals surface area (Å²) in [6, 6.07) is 10.6. The predicted molar refractivity (Wildman–Crippen MR) is 122 cm³/mol. The normalized spacial score (nSPS) is 15.7. The summed E-state index contributed by atoms with van der Waals surface area (Å²) in [7, 11) is -3.75. The highest BCUT2D eigenvalue weighted by atomic mass is 35.5. The minimum Gasteiger partial charge on any atom is -0.489 e. The van der Waals surface area contributed by atoms with Gasteiger partial charge in [0.1, 0.15) is 11.9 Å². The first-order valence-electron chi connectivity index (χ1n) is 9.92. The van der Waals surface area contributed by atoms with Crippen molar-refractivity contribution in [3.63, 3.8) is 0 Å². The number of halogens is 1. The summed E-state index contributed by atoms with van der Waals surface area (Å²) in [4.78, 5) is 10.9. The molecule has 0 bridgehead atoms. The number of piperidine rings is 1. The van der Waals surface area contributed by atoms with E-state index in [-0.39, 0.29) is 16.0 Å². The highest BCUT2D eigenvalue weighted by Crippen LogP contribution is 2.31. The number of ether oxygens (including phenoxy) is 1. The number of nitrogens with one attached hydrogen (secondary N) is 1. The molecule has 0 radical (unpaired) electrons. The minimum absolute atomic E-state index is 0.0371. The highest BCUT2D eigenvalue weighted by Gasteiger charge is 2.23.